The zero-order valence-corrected chi connectivity index (χ0v) is 11.8. The minimum absolute atomic E-state index is 0.0782. The monoisotopic (exact) mass is 296 g/mol. The van der Waals surface area contributed by atoms with E-state index in [0.717, 1.165) is 16.4 Å². The summed E-state index contributed by atoms with van der Waals surface area (Å²) in [6.07, 6.45) is 0.986. The van der Waals surface area contributed by atoms with Crippen molar-refractivity contribution in [3.05, 3.63) is 33.6 Å². The lowest BCUT2D eigenvalue weighted by Crippen LogP contribution is -2.13. The zero-order chi connectivity index (χ0) is 13.8. The molecule has 2 heterocycles. The van der Waals surface area contributed by atoms with Gasteiger partial charge in [-0.3, -0.25) is 4.79 Å². The first-order valence-electron chi connectivity index (χ1n) is 5.59. The first kappa shape index (κ1) is 13.7. The van der Waals surface area contributed by atoms with Crippen molar-refractivity contribution in [1.29, 1.82) is 0 Å². The van der Waals surface area contributed by atoms with Gasteiger partial charge in [0.15, 0.2) is 0 Å². The molecule has 0 saturated heterocycles. The van der Waals surface area contributed by atoms with Crippen molar-refractivity contribution in [2.45, 2.75) is 19.8 Å². The molecule has 0 bridgehead atoms. The van der Waals surface area contributed by atoms with Gasteiger partial charge in [0.25, 0.3) is 0 Å². The molecule has 0 aliphatic heterocycles. The number of hydrogen-bond donors (Lipinski definition) is 2. The van der Waals surface area contributed by atoms with E-state index in [1.54, 1.807) is 18.3 Å². The van der Waals surface area contributed by atoms with Gasteiger partial charge in [-0.2, -0.15) is 4.37 Å². The Morgan fingerprint density at radius 2 is 2.26 bits per heavy atom. The second-order valence-corrected chi connectivity index (χ2v) is 5.71. The van der Waals surface area contributed by atoms with Gasteiger partial charge in [0, 0.05) is 11.3 Å². The van der Waals surface area contributed by atoms with E-state index in [-0.39, 0.29) is 11.5 Å². The number of carboxylic acids is 1. The number of hydrogen-bond acceptors (Lipinski definition) is 5. The Hall–Kier alpha value is -1.73. The average molecular weight is 296 g/mol. The van der Waals surface area contributed by atoms with Crippen LogP contribution in [0.5, 0.6) is 0 Å². The van der Waals surface area contributed by atoms with Gasteiger partial charge < -0.3 is 10.4 Å². The molecule has 7 heteroatoms. The van der Waals surface area contributed by atoms with Crippen LogP contribution in [-0.4, -0.2) is 21.4 Å². The summed E-state index contributed by atoms with van der Waals surface area (Å²) in [6, 6.07) is 3.91. The van der Waals surface area contributed by atoms with Crippen molar-refractivity contribution >= 4 is 39.7 Å². The number of nitrogens with one attached hydrogen (secondary N) is 1. The van der Waals surface area contributed by atoms with E-state index in [0.29, 0.717) is 23.5 Å². The zero-order valence-electron chi connectivity index (χ0n) is 10.2. The molecule has 0 spiro atoms. The van der Waals surface area contributed by atoms with Crippen molar-refractivity contribution in [2.24, 2.45) is 0 Å². The molecule has 1 amide bonds. The van der Waals surface area contributed by atoms with E-state index in [1.165, 1.54) is 0 Å². The molecule has 0 aliphatic rings. The highest BCUT2D eigenvalue weighted by Gasteiger charge is 2.19. The molecule has 2 aromatic heterocycles. The van der Waals surface area contributed by atoms with Crippen molar-refractivity contribution < 1.29 is 14.7 Å². The summed E-state index contributed by atoms with van der Waals surface area (Å²) in [5.41, 5.74) is 0.500. The number of rotatable bonds is 5. The molecule has 2 aromatic rings. The van der Waals surface area contributed by atoms with E-state index in [2.05, 4.69) is 9.69 Å². The summed E-state index contributed by atoms with van der Waals surface area (Å²) in [5, 5.41) is 13.9. The lowest BCUT2D eigenvalue weighted by atomic mass is 10.2. The second kappa shape index (κ2) is 5.94. The topological polar surface area (TPSA) is 79.3 Å². The standard InChI is InChI=1S/C12H12N2O3S2/c1-7-10(12(16)17)11(19-14-7)13-9(15)5-4-8-3-2-6-18-8/h2-3,6H,4-5H2,1H3,(H,13,15)(H,16,17). The molecule has 0 aromatic carbocycles. The number of amides is 1. The van der Waals surface area contributed by atoms with Crippen LogP contribution in [0.4, 0.5) is 5.00 Å². The molecule has 2 rings (SSSR count). The predicted octanol–water partition coefficient (Wildman–Crippen LogP) is 2.78. The predicted molar refractivity (Wildman–Crippen MR) is 75.1 cm³/mol. The molecule has 0 fully saturated rings. The summed E-state index contributed by atoms with van der Waals surface area (Å²) in [5.74, 6) is -1.26. The largest absolute Gasteiger partial charge is 0.478 e. The van der Waals surface area contributed by atoms with Crippen LogP contribution in [0.15, 0.2) is 17.5 Å². The third-order valence-electron chi connectivity index (χ3n) is 2.51. The normalized spacial score (nSPS) is 10.4. The lowest BCUT2D eigenvalue weighted by molar-refractivity contribution is -0.116. The van der Waals surface area contributed by atoms with E-state index in [4.69, 9.17) is 5.11 Å². The van der Waals surface area contributed by atoms with E-state index < -0.39 is 5.97 Å². The molecule has 100 valence electrons. The molecular weight excluding hydrogens is 284 g/mol. The summed E-state index contributed by atoms with van der Waals surface area (Å²) in [4.78, 5) is 24.0. The number of carboxylic acid groups (broad SMARTS) is 1. The maximum Gasteiger partial charge on any atom is 0.340 e. The Balaban J connectivity index is 1.97. The number of thiophene rings is 1. The van der Waals surface area contributed by atoms with Crippen LogP contribution in [0.2, 0.25) is 0 Å². The Morgan fingerprint density at radius 3 is 2.89 bits per heavy atom. The van der Waals surface area contributed by atoms with Crippen LogP contribution in [0, 0.1) is 6.92 Å². The van der Waals surface area contributed by atoms with Crippen molar-refractivity contribution in [3.8, 4) is 0 Å². The van der Waals surface area contributed by atoms with E-state index in [1.807, 2.05) is 17.5 Å². The Morgan fingerprint density at radius 1 is 1.47 bits per heavy atom. The van der Waals surface area contributed by atoms with Gasteiger partial charge in [0.1, 0.15) is 10.6 Å². The summed E-state index contributed by atoms with van der Waals surface area (Å²) in [6.45, 7) is 1.61. The van der Waals surface area contributed by atoms with Gasteiger partial charge in [-0.15, -0.1) is 11.3 Å². The van der Waals surface area contributed by atoms with Gasteiger partial charge >= 0.3 is 5.97 Å². The molecule has 0 atom stereocenters. The average Bonchev–Trinajstić information content (AvgIpc) is 2.96. The third-order valence-corrected chi connectivity index (χ3v) is 4.30. The molecule has 5 nitrogen and oxygen atoms in total. The highest BCUT2D eigenvalue weighted by Crippen LogP contribution is 2.24. The molecule has 0 aliphatic carbocycles. The molecule has 0 unspecified atom stereocenters. The maximum absolute atomic E-state index is 11.8. The number of aromatic carboxylic acids is 1. The van der Waals surface area contributed by atoms with Gasteiger partial charge in [0.05, 0.1) is 5.69 Å². The molecule has 0 saturated carbocycles. The second-order valence-electron chi connectivity index (χ2n) is 3.90. The summed E-state index contributed by atoms with van der Waals surface area (Å²) < 4.78 is 3.95. The fourth-order valence-electron chi connectivity index (χ4n) is 1.59. The van der Waals surface area contributed by atoms with Crippen molar-refractivity contribution in [3.63, 3.8) is 0 Å². The SMILES string of the molecule is Cc1nsc(NC(=O)CCc2cccs2)c1C(=O)O. The summed E-state index contributed by atoms with van der Waals surface area (Å²) in [7, 11) is 0. The molecule has 19 heavy (non-hydrogen) atoms. The number of nitrogens with zero attached hydrogens (tertiary/aromatic N) is 1. The van der Waals surface area contributed by atoms with E-state index >= 15 is 0 Å². The number of aromatic nitrogens is 1. The van der Waals surface area contributed by atoms with Crippen molar-refractivity contribution in [2.75, 3.05) is 5.32 Å². The Labute approximate surface area is 118 Å². The molecule has 0 radical (unpaired) electrons. The van der Waals surface area contributed by atoms with E-state index in [9.17, 15) is 9.59 Å². The number of carbonyl (C=O) groups excluding carboxylic acids is 1. The quantitative estimate of drug-likeness (QED) is 0.889. The van der Waals surface area contributed by atoms with Crippen LogP contribution >= 0.6 is 22.9 Å². The molecular formula is C12H12N2O3S2. The highest BCUT2D eigenvalue weighted by atomic mass is 32.1. The van der Waals surface area contributed by atoms with Crippen LogP contribution in [0.1, 0.15) is 27.3 Å². The van der Waals surface area contributed by atoms with Crippen LogP contribution in [0.25, 0.3) is 0 Å². The van der Waals surface area contributed by atoms with Crippen molar-refractivity contribution in [1.82, 2.24) is 4.37 Å². The highest BCUT2D eigenvalue weighted by molar-refractivity contribution is 7.11. The fraction of sp³-hybridized carbons (Fsp3) is 0.250. The van der Waals surface area contributed by atoms with Gasteiger partial charge in [-0.25, -0.2) is 4.79 Å². The smallest absolute Gasteiger partial charge is 0.340 e. The Kier molecular flexibility index (Phi) is 4.28. The fourth-order valence-corrected chi connectivity index (χ4v) is 3.10. The first-order chi connectivity index (χ1) is 9.08. The van der Waals surface area contributed by atoms with Gasteiger partial charge in [-0.05, 0) is 36.3 Å². The maximum atomic E-state index is 11.8. The Bertz CT molecular complexity index is 590. The minimum atomic E-state index is -1.07. The van der Waals surface area contributed by atoms with Crippen LogP contribution in [-0.2, 0) is 11.2 Å². The number of aryl methyl sites for hydroxylation is 2. The first-order valence-corrected chi connectivity index (χ1v) is 7.25. The minimum Gasteiger partial charge on any atom is -0.478 e. The third kappa shape index (κ3) is 3.39. The van der Waals surface area contributed by atoms with Gasteiger partial charge in [-0.1, -0.05) is 6.07 Å². The van der Waals surface area contributed by atoms with Crippen LogP contribution in [0.3, 0.4) is 0 Å². The van der Waals surface area contributed by atoms with Gasteiger partial charge in [0.2, 0.25) is 5.91 Å². The molecule has 2 N–H and O–H groups in total. The lowest BCUT2D eigenvalue weighted by Gasteiger charge is -2.03. The summed E-state index contributed by atoms with van der Waals surface area (Å²) >= 11 is 2.60. The number of anilines is 1. The number of carbonyl (C=O) groups is 2. The van der Waals surface area contributed by atoms with Crippen LogP contribution < -0.4 is 5.32 Å².